The molecule has 0 radical (unpaired) electrons. The summed E-state index contributed by atoms with van der Waals surface area (Å²) in [4.78, 5) is 0. The summed E-state index contributed by atoms with van der Waals surface area (Å²) >= 11 is 0. The Morgan fingerprint density at radius 3 is 2.04 bits per heavy atom. The molecule has 2 aromatic carbocycles. The van der Waals surface area contributed by atoms with Crippen LogP contribution in [-0.2, 0) is 27.4 Å². The molecule has 1 aliphatic heterocycles. The predicted molar refractivity (Wildman–Crippen MR) is 88.0 cm³/mol. The summed E-state index contributed by atoms with van der Waals surface area (Å²) in [6.45, 7) is 1.02. The SMILES string of the molecule is O[C@H]1[C@@H](OCc2ccccc2)[C@@H](COCc2ccccc2)O[C@H]1O. The summed E-state index contributed by atoms with van der Waals surface area (Å²) in [6.07, 6.45) is -3.48. The first-order valence-electron chi connectivity index (χ1n) is 8.03. The van der Waals surface area contributed by atoms with E-state index in [1.54, 1.807) is 0 Å². The lowest BCUT2D eigenvalue weighted by Gasteiger charge is -2.20. The van der Waals surface area contributed by atoms with Gasteiger partial charge < -0.3 is 24.4 Å². The van der Waals surface area contributed by atoms with Gasteiger partial charge in [0.25, 0.3) is 0 Å². The van der Waals surface area contributed by atoms with Gasteiger partial charge in [-0.1, -0.05) is 60.7 Å². The lowest BCUT2D eigenvalue weighted by atomic mass is 10.1. The molecule has 0 aliphatic carbocycles. The van der Waals surface area contributed by atoms with Gasteiger partial charge >= 0.3 is 0 Å². The molecule has 3 rings (SSSR count). The summed E-state index contributed by atoms with van der Waals surface area (Å²) in [5.74, 6) is 0. The molecule has 0 amide bonds. The average molecular weight is 330 g/mol. The zero-order valence-corrected chi connectivity index (χ0v) is 13.3. The molecular weight excluding hydrogens is 308 g/mol. The molecule has 5 heteroatoms. The first-order valence-corrected chi connectivity index (χ1v) is 8.03. The zero-order valence-electron chi connectivity index (χ0n) is 13.3. The topological polar surface area (TPSA) is 68.2 Å². The molecule has 2 N–H and O–H groups in total. The quantitative estimate of drug-likeness (QED) is 0.811. The van der Waals surface area contributed by atoms with Gasteiger partial charge in [-0.05, 0) is 11.1 Å². The second kappa shape index (κ2) is 8.37. The highest BCUT2D eigenvalue weighted by atomic mass is 16.7. The summed E-state index contributed by atoms with van der Waals surface area (Å²) in [5.41, 5.74) is 2.05. The highest BCUT2D eigenvalue weighted by molar-refractivity contribution is 5.14. The normalized spacial score (nSPS) is 26.6. The fraction of sp³-hybridized carbons (Fsp3) is 0.368. The van der Waals surface area contributed by atoms with Crippen molar-refractivity contribution in [3.63, 3.8) is 0 Å². The van der Waals surface area contributed by atoms with Crippen molar-refractivity contribution in [1.82, 2.24) is 0 Å². The molecule has 4 atom stereocenters. The zero-order chi connectivity index (χ0) is 16.8. The van der Waals surface area contributed by atoms with Gasteiger partial charge in [0.1, 0.15) is 18.3 Å². The first-order chi connectivity index (χ1) is 11.7. The molecule has 0 unspecified atom stereocenters. The van der Waals surface area contributed by atoms with Crippen LogP contribution in [0.1, 0.15) is 11.1 Å². The maximum atomic E-state index is 10.1. The lowest BCUT2D eigenvalue weighted by molar-refractivity contribution is -0.137. The molecule has 24 heavy (non-hydrogen) atoms. The number of benzene rings is 2. The lowest BCUT2D eigenvalue weighted by Crippen LogP contribution is -2.37. The van der Waals surface area contributed by atoms with Crippen molar-refractivity contribution < 1.29 is 24.4 Å². The van der Waals surface area contributed by atoms with Crippen LogP contribution in [0.25, 0.3) is 0 Å². The van der Waals surface area contributed by atoms with Crippen LogP contribution in [-0.4, -0.2) is 41.4 Å². The summed E-state index contributed by atoms with van der Waals surface area (Å²) in [7, 11) is 0. The van der Waals surface area contributed by atoms with Gasteiger partial charge in [-0.3, -0.25) is 0 Å². The average Bonchev–Trinajstić information content (AvgIpc) is 2.89. The van der Waals surface area contributed by atoms with E-state index in [9.17, 15) is 10.2 Å². The summed E-state index contributed by atoms with van der Waals surface area (Å²) in [6, 6.07) is 19.5. The minimum Gasteiger partial charge on any atom is -0.385 e. The van der Waals surface area contributed by atoms with Gasteiger partial charge in [0.15, 0.2) is 6.29 Å². The van der Waals surface area contributed by atoms with Crippen LogP contribution in [0.2, 0.25) is 0 Å². The van der Waals surface area contributed by atoms with E-state index in [4.69, 9.17) is 14.2 Å². The van der Waals surface area contributed by atoms with Gasteiger partial charge in [0.2, 0.25) is 0 Å². The largest absolute Gasteiger partial charge is 0.385 e. The van der Waals surface area contributed by atoms with E-state index in [1.165, 1.54) is 0 Å². The van der Waals surface area contributed by atoms with Crippen LogP contribution in [0.4, 0.5) is 0 Å². The van der Waals surface area contributed by atoms with Gasteiger partial charge in [0.05, 0.1) is 19.8 Å². The summed E-state index contributed by atoms with van der Waals surface area (Å²) in [5, 5.41) is 19.8. The second-order valence-electron chi connectivity index (χ2n) is 5.82. The minimum atomic E-state index is -1.25. The van der Waals surface area contributed by atoms with E-state index in [0.29, 0.717) is 13.2 Å². The van der Waals surface area contributed by atoms with E-state index in [-0.39, 0.29) is 6.61 Å². The number of hydrogen-bond donors (Lipinski definition) is 2. The highest BCUT2D eigenvalue weighted by Gasteiger charge is 2.43. The highest BCUT2D eigenvalue weighted by Crippen LogP contribution is 2.24. The Labute approximate surface area is 141 Å². The molecule has 0 bridgehead atoms. The molecule has 1 fully saturated rings. The molecule has 0 spiro atoms. The van der Waals surface area contributed by atoms with E-state index < -0.39 is 24.6 Å². The fourth-order valence-corrected chi connectivity index (χ4v) is 2.69. The Bertz CT molecular complexity index is 604. The van der Waals surface area contributed by atoms with Crippen molar-refractivity contribution in [2.24, 2.45) is 0 Å². The fourth-order valence-electron chi connectivity index (χ4n) is 2.69. The molecule has 1 heterocycles. The van der Waals surface area contributed by atoms with Gasteiger partial charge in [-0.25, -0.2) is 0 Å². The monoisotopic (exact) mass is 330 g/mol. The number of aliphatic hydroxyl groups is 2. The van der Waals surface area contributed by atoms with Crippen LogP contribution < -0.4 is 0 Å². The van der Waals surface area contributed by atoms with Gasteiger partial charge in [-0.2, -0.15) is 0 Å². The maximum absolute atomic E-state index is 10.1. The van der Waals surface area contributed by atoms with Crippen molar-refractivity contribution in [2.75, 3.05) is 6.61 Å². The molecule has 0 saturated carbocycles. The Hall–Kier alpha value is -1.76. The molecule has 1 aliphatic rings. The van der Waals surface area contributed by atoms with E-state index in [0.717, 1.165) is 11.1 Å². The van der Waals surface area contributed by atoms with Crippen LogP contribution in [0.3, 0.4) is 0 Å². The van der Waals surface area contributed by atoms with Crippen LogP contribution in [0.15, 0.2) is 60.7 Å². The number of aliphatic hydroxyl groups excluding tert-OH is 2. The van der Waals surface area contributed by atoms with Crippen molar-refractivity contribution in [1.29, 1.82) is 0 Å². The molecule has 1 saturated heterocycles. The van der Waals surface area contributed by atoms with Gasteiger partial charge in [-0.15, -0.1) is 0 Å². The van der Waals surface area contributed by atoms with E-state index in [2.05, 4.69) is 0 Å². The Morgan fingerprint density at radius 1 is 0.833 bits per heavy atom. The Morgan fingerprint density at radius 2 is 1.42 bits per heavy atom. The van der Waals surface area contributed by atoms with Crippen molar-refractivity contribution in [3.8, 4) is 0 Å². The summed E-state index contributed by atoms with van der Waals surface area (Å²) < 4.78 is 16.8. The van der Waals surface area contributed by atoms with Crippen LogP contribution in [0.5, 0.6) is 0 Å². The van der Waals surface area contributed by atoms with Gasteiger partial charge in [0, 0.05) is 0 Å². The predicted octanol–water partition coefficient (Wildman–Crippen LogP) is 1.87. The molecule has 128 valence electrons. The van der Waals surface area contributed by atoms with Crippen molar-refractivity contribution in [3.05, 3.63) is 71.8 Å². The second-order valence-corrected chi connectivity index (χ2v) is 5.82. The molecule has 0 aromatic heterocycles. The van der Waals surface area contributed by atoms with E-state index in [1.807, 2.05) is 60.7 Å². The van der Waals surface area contributed by atoms with Crippen molar-refractivity contribution >= 4 is 0 Å². The Kier molecular flexibility index (Phi) is 5.96. The molecule has 2 aromatic rings. The number of ether oxygens (including phenoxy) is 3. The van der Waals surface area contributed by atoms with Crippen LogP contribution >= 0.6 is 0 Å². The third-order valence-corrected chi connectivity index (χ3v) is 3.99. The first kappa shape index (κ1) is 17.1. The molecular formula is C19H22O5. The molecule has 5 nitrogen and oxygen atoms in total. The number of hydrogen-bond acceptors (Lipinski definition) is 5. The van der Waals surface area contributed by atoms with Crippen LogP contribution in [0, 0.1) is 0 Å². The maximum Gasteiger partial charge on any atom is 0.184 e. The third kappa shape index (κ3) is 4.41. The third-order valence-electron chi connectivity index (χ3n) is 3.99. The van der Waals surface area contributed by atoms with E-state index >= 15 is 0 Å². The standard InChI is InChI=1S/C19H22O5/c20-17-18(23-12-15-9-5-2-6-10-15)16(24-19(17)21)13-22-11-14-7-3-1-4-8-14/h1-10,16-21H,11-13H2/t16-,17+,18+,19-/m1/s1. The minimum absolute atomic E-state index is 0.239. The number of rotatable bonds is 7. The smallest absolute Gasteiger partial charge is 0.184 e. The Balaban J connectivity index is 1.52. The van der Waals surface area contributed by atoms with Crippen molar-refractivity contribution in [2.45, 2.75) is 37.8 Å².